The second-order valence-electron chi connectivity index (χ2n) is 8.95. The Morgan fingerprint density at radius 3 is 2.97 bits per heavy atom. The molecule has 0 unspecified atom stereocenters. The number of fused-ring (bicyclic) bond motifs is 1. The first kappa shape index (κ1) is 20.0. The minimum atomic E-state index is -0.169. The Bertz CT molecular complexity index is 887. The summed E-state index contributed by atoms with van der Waals surface area (Å²) in [5, 5.41) is 12.1. The molecule has 1 saturated heterocycles. The van der Waals surface area contributed by atoms with E-state index in [9.17, 15) is 4.79 Å². The van der Waals surface area contributed by atoms with Crippen LogP contribution in [0.1, 0.15) is 43.2 Å². The third-order valence-corrected chi connectivity index (χ3v) is 7.55. The summed E-state index contributed by atoms with van der Waals surface area (Å²) in [5.41, 5.74) is 4.05. The maximum Gasteiger partial charge on any atom is 0.320 e. The minimum absolute atomic E-state index is 0.169. The van der Waals surface area contributed by atoms with Crippen LogP contribution in [0.4, 0.5) is 10.6 Å². The van der Waals surface area contributed by atoms with Crippen molar-refractivity contribution in [3.8, 4) is 10.6 Å². The average Bonchev–Trinajstić information content (AvgIpc) is 3.19. The van der Waals surface area contributed by atoms with E-state index in [-0.39, 0.29) is 12.1 Å². The summed E-state index contributed by atoms with van der Waals surface area (Å²) in [4.78, 5) is 19.6. The molecular weight excluding hydrogens is 394 g/mol. The van der Waals surface area contributed by atoms with E-state index in [1.165, 1.54) is 43.5 Å². The normalized spacial score (nSPS) is 22.2. The second kappa shape index (κ2) is 9.04. The van der Waals surface area contributed by atoms with E-state index in [1.54, 1.807) is 11.3 Å². The summed E-state index contributed by atoms with van der Waals surface area (Å²) in [6.07, 6.45) is 7.49. The largest absolute Gasteiger partial charge is 0.334 e. The van der Waals surface area contributed by atoms with Crippen LogP contribution >= 0.6 is 11.3 Å². The van der Waals surface area contributed by atoms with Gasteiger partial charge in [0, 0.05) is 43.2 Å². The first-order valence-corrected chi connectivity index (χ1v) is 12.2. The van der Waals surface area contributed by atoms with Crippen LogP contribution in [-0.4, -0.2) is 48.1 Å². The number of nitrogens with zero attached hydrogens (tertiary/aromatic N) is 2. The van der Waals surface area contributed by atoms with Crippen LogP contribution in [0, 0.1) is 5.92 Å². The van der Waals surface area contributed by atoms with Gasteiger partial charge in [0.2, 0.25) is 0 Å². The number of urea groups is 1. The number of hydrogen-bond donors (Lipinski definition) is 3. The lowest BCUT2D eigenvalue weighted by Gasteiger charge is -2.35. The van der Waals surface area contributed by atoms with Gasteiger partial charge in [-0.1, -0.05) is 18.6 Å². The smallest absolute Gasteiger partial charge is 0.320 e. The predicted molar refractivity (Wildman–Crippen MR) is 122 cm³/mol. The quantitative estimate of drug-likeness (QED) is 0.681. The highest BCUT2D eigenvalue weighted by Crippen LogP contribution is 2.32. The summed E-state index contributed by atoms with van der Waals surface area (Å²) in [6, 6.07) is 6.77. The first-order chi connectivity index (χ1) is 14.7. The van der Waals surface area contributed by atoms with Gasteiger partial charge >= 0.3 is 6.03 Å². The average molecular weight is 426 g/mol. The molecule has 3 heterocycles. The van der Waals surface area contributed by atoms with Crippen molar-refractivity contribution in [1.82, 2.24) is 20.5 Å². The van der Waals surface area contributed by atoms with E-state index < -0.39 is 0 Å². The third kappa shape index (κ3) is 4.68. The zero-order chi connectivity index (χ0) is 20.3. The number of carbonyl (C=O) groups is 1. The molecule has 5 rings (SSSR count). The fourth-order valence-electron chi connectivity index (χ4n) is 4.72. The Hall–Kier alpha value is -1.96. The van der Waals surface area contributed by atoms with Crippen molar-refractivity contribution < 1.29 is 4.79 Å². The van der Waals surface area contributed by atoms with Crippen molar-refractivity contribution in [2.24, 2.45) is 5.92 Å². The number of benzene rings is 1. The molecule has 1 aliphatic carbocycles. The van der Waals surface area contributed by atoms with Gasteiger partial charge in [-0.15, -0.1) is 11.3 Å². The summed E-state index contributed by atoms with van der Waals surface area (Å²) in [6.45, 7) is 5.35. The molecule has 2 aromatic rings. The number of aromatic nitrogens is 1. The second-order valence-corrected chi connectivity index (χ2v) is 9.80. The van der Waals surface area contributed by atoms with Gasteiger partial charge in [-0.05, 0) is 61.8 Å². The lowest BCUT2D eigenvalue weighted by molar-refractivity contribution is 0.166. The first-order valence-electron chi connectivity index (χ1n) is 11.3. The third-order valence-electron chi connectivity index (χ3n) is 6.66. The predicted octanol–water partition coefficient (Wildman–Crippen LogP) is 3.84. The Morgan fingerprint density at radius 1 is 1.23 bits per heavy atom. The molecule has 2 fully saturated rings. The number of piperidine rings is 1. The summed E-state index contributed by atoms with van der Waals surface area (Å²) in [7, 11) is 0. The van der Waals surface area contributed by atoms with E-state index in [2.05, 4.69) is 44.0 Å². The summed E-state index contributed by atoms with van der Waals surface area (Å²) >= 11 is 1.59. The highest BCUT2D eigenvalue weighted by molar-refractivity contribution is 7.13. The number of amides is 2. The molecule has 0 spiro atoms. The molecule has 3 aliphatic rings. The molecule has 1 aromatic heterocycles. The maximum atomic E-state index is 12.3. The molecule has 1 atom stereocenters. The topological polar surface area (TPSA) is 69.3 Å². The number of hydrogen-bond acceptors (Lipinski definition) is 5. The summed E-state index contributed by atoms with van der Waals surface area (Å²) in [5.74, 6) is 1.54. The van der Waals surface area contributed by atoms with Gasteiger partial charge in [0.15, 0.2) is 0 Å². The zero-order valence-corrected chi connectivity index (χ0v) is 18.3. The van der Waals surface area contributed by atoms with Gasteiger partial charge in [-0.2, -0.15) is 0 Å². The number of rotatable bonds is 5. The molecule has 0 radical (unpaired) electrons. The molecule has 2 aliphatic heterocycles. The van der Waals surface area contributed by atoms with Gasteiger partial charge < -0.3 is 10.6 Å². The molecule has 6 nitrogen and oxygen atoms in total. The van der Waals surface area contributed by atoms with E-state index in [1.807, 2.05) is 5.38 Å². The van der Waals surface area contributed by atoms with E-state index in [4.69, 9.17) is 0 Å². The molecule has 160 valence electrons. The SMILES string of the molecule is O=C(Nc1csc(-c2ccc3c(c2)CN(CC2CCC2)CC3)n1)N[C@H]1CCCNC1. The maximum absolute atomic E-state index is 12.3. The number of nitrogens with one attached hydrogen (secondary N) is 3. The molecule has 7 heteroatoms. The molecule has 1 aromatic carbocycles. The molecule has 1 saturated carbocycles. The van der Waals surface area contributed by atoms with Crippen LogP contribution in [0.3, 0.4) is 0 Å². The minimum Gasteiger partial charge on any atom is -0.334 e. The van der Waals surface area contributed by atoms with Crippen molar-refractivity contribution in [1.29, 1.82) is 0 Å². The van der Waals surface area contributed by atoms with Crippen LogP contribution < -0.4 is 16.0 Å². The molecule has 3 N–H and O–H groups in total. The van der Waals surface area contributed by atoms with Gasteiger partial charge in [-0.25, -0.2) is 9.78 Å². The molecule has 2 amide bonds. The number of anilines is 1. The zero-order valence-electron chi connectivity index (χ0n) is 17.5. The van der Waals surface area contributed by atoms with E-state index in [0.717, 1.165) is 55.4 Å². The summed E-state index contributed by atoms with van der Waals surface area (Å²) < 4.78 is 0. The fourth-order valence-corrected chi connectivity index (χ4v) is 5.47. The number of thiazole rings is 1. The standard InChI is InChI=1S/C23H31N5OS/c29-23(25-20-5-2-9-24-12-20)27-21-15-30-22(26-21)18-7-6-17-8-10-28(14-19(17)11-18)13-16-3-1-4-16/h6-7,11,15-16,20,24H,1-5,8-10,12-14H2,(H2,25,27,29)/t20-/m0/s1. The Labute approximate surface area is 182 Å². The highest BCUT2D eigenvalue weighted by atomic mass is 32.1. The van der Waals surface area contributed by atoms with Crippen molar-refractivity contribution >= 4 is 23.2 Å². The lowest BCUT2D eigenvalue weighted by atomic mass is 9.84. The van der Waals surface area contributed by atoms with Crippen molar-refractivity contribution in [2.75, 3.05) is 31.5 Å². The van der Waals surface area contributed by atoms with Crippen molar-refractivity contribution in [3.05, 3.63) is 34.7 Å². The Morgan fingerprint density at radius 2 is 2.17 bits per heavy atom. The van der Waals surface area contributed by atoms with Crippen LogP contribution in [0.15, 0.2) is 23.6 Å². The molecule has 0 bridgehead atoms. The van der Waals surface area contributed by atoms with Gasteiger partial charge in [-0.3, -0.25) is 10.2 Å². The van der Waals surface area contributed by atoms with Crippen molar-refractivity contribution in [3.63, 3.8) is 0 Å². The van der Waals surface area contributed by atoms with Gasteiger partial charge in [0.25, 0.3) is 0 Å². The molecule has 30 heavy (non-hydrogen) atoms. The van der Waals surface area contributed by atoms with E-state index >= 15 is 0 Å². The van der Waals surface area contributed by atoms with Gasteiger partial charge in [0.05, 0.1) is 0 Å². The van der Waals surface area contributed by atoms with Crippen LogP contribution in [0.2, 0.25) is 0 Å². The lowest BCUT2D eigenvalue weighted by Crippen LogP contribution is -2.47. The van der Waals surface area contributed by atoms with Crippen LogP contribution in [0.5, 0.6) is 0 Å². The van der Waals surface area contributed by atoms with E-state index in [0.29, 0.717) is 5.82 Å². The van der Waals surface area contributed by atoms with Crippen LogP contribution in [-0.2, 0) is 13.0 Å². The Balaban J connectivity index is 1.21. The van der Waals surface area contributed by atoms with Crippen LogP contribution in [0.25, 0.3) is 10.6 Å². The number of carbonyl (C=O) groups excluding carboxylic acids is 1. The molecular formula is C23H31N5OS. The van der Waals surface area contributed by atoms with Gasteiger partial charge in [0.1, 0.15) is 10.8 Å². The highest BCUT2D eigenvalue weighted by Gasteiger charge is 2.24. The monoisotopic (exact) mass is 425 g/mol. The van der Waals surface area contributed by atoms with Crippen molar-refractivity contribution in [2.45, 2.75) is 51.1 Å². The fraction of sp³-hybridized carbons (Fsp3) is 0.565. The Kier molecular flexibility index (Phi) is 6.02.